The molecule has 1 saturated carbocycles. The fraction of sp³-hybridized carbons (Fsp3) is 0.538. The summed E-state index contributed by atoms with van der Waals surface area (Å²) in [4.78, 5) is 3.89. The van der Waals surface area contributed by atoms with Gasteiger partial charge in [-0.1, -0.05) is 18.9 Å². The first-order valence-electron chi connectivity index (χ1n) is 6.15. The van der Waals surface area contributed by atoms with E-state index in [-0.39, 0.29) is 17.2 Å². The number of sulfone groups is 1. The van der Waals surface area contributed by atoms with E-state index in [1.54, 1.807) is 12.1 Å². The number of hydrogen-bond acceptors (Lipinski definition) is 4. The van der Waals surface area contributed by atoms with E-state index in [0.29, 0.717) is 11.5 Å². The van der Waals surface area contributed by atoms with Crippen LogP contribution in [0, 0.1) is 17.2 Å². The molecule has 0 amide bonds. The highest BCUT2D eigenvalue weighted by atomic mass is 32.2. The normalized spacial score (nSPS) is 16.6. The molecule has 0 bridgehead atoms. The van der Waals surface area contributed by atoms with Gasteiger partial charge in [0.25, 0.3) is 0 Å². The van der Waals surface area contributed by atoms with Gasteiger partial charge in [0.05, 0.1) is 11.5 Å². The Morgan fingerprint density at radius 2 is 2.11 bits per heavy atom. The zero-order valence-electron chi connectivity index (χ0n) is 10.2. The van der Waals surface area contributed by atoms with Gasteiger partial charge in [-0.2, -0.15) is 5.26 Å². The van der Waals surface area contributed by atoms with Gasteiger partial charge in [-0.05, 0) is 24.8 Å². The summed E-state index contributed by atoms with van der Waals surface area (Å²) in [5.41, 5.74) is 0.727. The molecule has 4 nitrogen and oxygen atoms in total. The second kappa shape index (κ2) is 5.49. The summed E-state index contributed by atoms with van der Waals surface area (Å²) in [5, 5.41) is 8.89. The quantitative estimate of drug-likeness (QED) is 0.834. The second-order valence-electron chi connectivity index (χ2n) is 4.83. The predicted molar refractivity (Wildman–Crippen MR) is 68.4 cm³/mol. The maximum atomic E-state index is 12.1. The molecule has 0 saturated heterocycles. The van der Waals surface area contributed by atoms with E-state index in [1.807, 2.05) is 6.07 Å². The van der Waals surface area contributed by atoms with Gasteiger partial charge in [-0.25, -0.2) is 13.4 Å². The molecule has 18 heavy (non-hydrogen) atoms. The number of aromatic nitrogens is 1. The van der Waals surface area contributed by atoms with E-state index in [9.17, 15) is 8.42 Å². The van der Waals surface area contributed by atoms with Crippen LogP contribution in [0.3, 0.4) is 0 Å². The number of hydrogen-bond donors (Lipinski definition) is 0. The van der Waals surface area contributed by atoms with E-state index >= 15 is 0 Å². The van der Waals surface area contributed by atoms with Crippen molar-refractivity contribution in [3.05, 3.63) is 29.6 Å². The van der Waals surface area contributed by atoms with Gasteiger partial charge in [0.1, 0.15) is 11.8 Å². The van der Waals surface area contributed by atoms with Crippen molar-refractivity contribution in [1.29, 1.82) is 5.26 Å². The van der Waals surface area contributed by atoms with Crippen LogP contribution < -0.4 is 0 Å². The van der Waals surface area contributed by atoms with Gasteiger partial charge in [-0.3, -0.25) is 0 Å². The highest BCUT2D eigenvalue weighted by Crippen LogP contribution is 2.27. The molecular weight excluding hydrogens is 248 g/mol. The zero-order chi connectivity index (χ0) is 13.0. The van der Waals surface area contributed by atoms with Gasteiger partial charge < -0.3 is 0 Å². The van der Waals surface area contributed by atoms with Crippen molar-refractivity contribution in [3.8, 4) is 6.07 Å². The minimum Gasteiger partial charge on any atom is -0.245 e. The van der Waals surface area contributed by atoms with E-state index in [4.69, 9.17) is 5.26 Å². The van der Waals surface area contributed by atoms with Crippen LogP contribution in [0.15, 0.2) is 18.3 Å². The molecular formula is C13H16N2O2S. The topological polar surface area (TPSA) is 70.8 Å². The van der Waals surface area contributed by atoms with Crippen molar-refractivity contribution in [1.82, 2.24) is 4.98 Å². The number of nitrogens with zero attached hydrogens (tertiary/aromatic N) is 2. The first kappa shape index (κ1) is 13.0. The van der Waals surface area contributed by atoms with Gasteiger partial charge in [0, 0.05) is 11.8 Å². The molecule has 1 heterocycles. The van der Waals surface area contributed by atoms with Crippen molar-refractivity contribution < 1.29 is 8.42 Å². The van der Waals surface area contributed by atoms with E-state index in [1.165, 1.54) is 6.20 Å². The highest BCUT2D eigenvalue weighted by molar-refractivity contribution is 7.90. The van der Waals surface area contributed by atoms with Crippen LogP contribution in [0.1, 0.15) is 36.9 Å². The van der Waals surface area contributed by atoms with Crippen molar-refractivity contribution in [2.24, 2.45) is 5.92 Å². The molecule has 0 N–H and O–H groups in total. The molecule has 2 rings (SSSR count). The largest absolute Gasteiger partial charge is 0.245 e. The third kappa shape index (κ3) is 3.30. The maximum Gasteiger partial charge on any atom is 0.154 e. The molecule has 1 aliphatic carbocycles. The Morgan fingerprint density at radius 3 is 2.78 bits per heavy atom. The van der Waals surface area contributed by atoms with Gasteiger partial charge in [0.15, 0.2) is 9.84 Å². The molecule has 0 spiro atoms. The summed E-state index contributed by atoms with van der Waals surface area (Å²) in [5.74, 6) is 0.477. The van der Waals surface area contributed by atoms with Gasteiger partial charge >= 0.3 is 0 Å². The zero-order valence-corrected chi connectivity index (χ0v) is 11.0. The first-order chi connectivity index (χ1) is 8.61. The summed E-state index contributed by atoms with van der Waals surface area (Å²) in [6.07, 6.45) is 5.80. The SMILES string of the molecule is N#Cc1ncccc1CS(=O)(=O)CC1CCCC1. The lowest BCUT2D eigenvalue weighted by Crippen LogP contribution is -2.16. The third-order valence-electron chi connectivity index (χ3n) is 3.34. The monoisotopic (exact) mass is 264 g/mol. The van der Waals surface area contributed by atoms with Gasteiger partial charge in [-0.15, -0.1) is 0 Å². The Balaban J connectivity index is 2.10. The van der Waals surface area contributed by atoms with Crippen LogP contribution in [0.5, 0.6) is 0 Å². The molecule has 1 aromatic rings. The van der Waals surface area contributed by atoms with Crippen molar-refractivity contribution >= 4 is 9.84 Å². The Bertz CT molecular complexity index is 555. The fourth-order valence-electron chi connectivity index (χ4n) is 2.49. The lowest BCUT2D eigenvalue weighted by atomic mass is 10.1. The van der Waals surface area contributed by atoms with Crippen molar-refractivity contribution in [2.75, 3.05) is 5.75 Å². The van der Waals surface area contributed by atoms with Crippen LogP contribution in [0.25, 0.3) is 0 Å². The standard InChI is InChI=1S/C13H16N2O2S/c14-8-13-12(6-3-7-15-13)10-18(16,17)9-11-4-1-2-5-11/h3,6-7,11H,1-2,4-5,9-10H2. The summed E-state index contributed by atoms with van der Waals surface area (Å²) < 4.78 is 24.2. The Hall–Kier alpha value is -1.41. The Labute approximate surface area is 108 Å². The summed E-state index contributed by atoms with van der Waals surface area (Å²) in [6, 6.07) is 5.27. The van der Waals surface area contributed by atoms with Crippen molar-refractivity contribution in [2.45, 2.75) is 31.4 Å². The minimum atomic E-state index is -3.14. The predicted octanol–water partition coefficient (Wildman–Crippen LogP) is 2.06. The second-order valence-corrected chi connectivity index (χ2v) is 6.94. The van der Waals surface area contributed by atoms with Crippen LogP contribution in [0.2, 0.25) is 0 Å². The van der Waals surface area contributed by atoms with Crippen molar-refractivity contribution in [3.63, 3.8) is 0 Å². The smallest absolute Gasteiger partial charge is 0.154 e. The van der Waals surface area contributed by atoms with Crippen LogP contribution in [-0.2, 0) is 15.6 Å². The lowest BCUT2D eigenvalue weighted by molar-refractivity contribution is 0.558. The fourth-order valence-corrected chi connectivity index (χ4v) is 4.36. The molecule has 0 unspecified atom stereocenters. The molecule has 1 aromatic heterocycles. The van der Waals surface area contributed by atoms with Crippen LogP contribution >= 0.6 is 0 Å². The molecule has 0 aromatic carbocycles. The Morgan fingerprint density at radius 1 is 1.39 bits per heavy atom. The highest BCUT2D eigenvalue weighted by Gasteiger charge is 2.23. The molecule has 5 heteroatoms. The lowest BCUT2D eigenvalue weighted by Gasteiger charge is -2.10. The van der Waals surface area contributed by atoms with E-state index < -0.39 is 9.84 Å². The average molecular weight is 264 g/mol. The molecule has 0 aliphatic heterocycles. The minimum absolute atomic E-state index is 0.0692. The molecule has 0 radical (unpaired) electrons. The summed E-state index contributed by atoms with van der Waals surface area (Å²) >= 11 is 0. The number of nitriles is 1. The van der Waals surface area contributed by atoms with Crippen LogP contribution in [-0.4, -0.2) is 19.2 Å². The van der Waals surface area contributed by atoms with Crippen LogP contribution in [0.4, 0.5) is 0 Å². The average Bonchev–Trinajstić information content (AvgIpc) is 2.81. The molecule has 1 fully saturated rings. The number of pyridine rings is 1. The van der Waals surface area contributed by atoms with E-state index in [0.717, 1.165) is 25.7 Å². The molecule has 96 valence electrons. The summed E-state index contributed by atoms with van der Waals surface area (Å²) in [6.45, 7) is 0. The molecule has 1 aliphatic rings. The third-order valence-corrected chi connectivity index (χ3v) is 5.07. The van der Waals surface area contributed by atoms with E-state index in [2.05, 4.69) is 4.98 Å². The Kier molecular flexibility index (Phi) is 3.97. The molecule has 0 atom stereocenters. The maximum absolute atomic E-state index is 12.1. The van der Waals surface area contributed by atoms with Gasteiger partial charge in [0.2, 0.25) is 0 Å². The summed E-state index contributed by atoms with van der Waals surface area (Å²) in [7, 11) is -3.14. The number of rotatable bonds is 4. The first-order valence-corrected chi connectivity index (χ1v) is 7.97.